The van der Waals surface area contributed by atoms with Crippen LogP contribution in [0.25, 0.3) is 0 Å². The molecule has 2 aromatic rings. The number of nitrogens with one attached hydrogen (secondary N) is 1. The Labute approximate surface area is 165 Å². The van der Waals surface area contributed by atoms with E-state index in [2.05, 4.69) is 53.4 Å². The number of hydrogen-bond donors (Lipinski definition) is 1. The van der Waals surface area contributed by atoms with Crippen LogP contribution in [0, 0.1) is 17.0 Å². The molecule has 0 aliphatic carbocycles. The second-order valence-corrected chi connectivity index (χ2v) is 7.28. The van der Waals surface area contributed by atoms with Gasteiger partial charge in [-0.25, -0.2) is 0 Å². The summed E-state index contributed by atoms with van der Waals surface area (Å²) in [6.45, 7) is 6.35. The van der Waals surface area contributed by atoms with Gasteiger partial charge < -0.3 is 10.2 Å². The van der Waals surface area contributed by atoms with E-state index in [-0.39, 0.29) is 17.6 Å². The van der Waals surface area contributed by atoms with Crippen molar-refractivity contribution in [3.8, 4) is 0 Å². The van der Waals surface area contributed by atoms with Crippen molar-refractivity contribution in [1.82, 2.24) is 15.1 Å². The number of nitro benzene ring substituents is 1. The number of nitrogens with zero attached hydrogens (tertiary/aromatic N) is 3. The number of likely N-dealkylation sites (N-methyl/N-ethyl adjacent to an activating group) is 1. The Bertz CT molecular complexity index is 830. The van der Waals surface area contributed by atoms with Crippen molar-refractivity contribution in [2.45, 2.75) is 13.0 Å². The lowest BCUT2D eigenvalue weighted by Crippen LogP contribution is -2.48. The Morgan fingerprint density at radius 2 is 1.82 bits per heavy atom. The third-order valence-corrected chi connectivity index (χ3v) is 5.22. The number of hydrogen-bond acceptors (Lipinski definition) is 5. The molecular formula is C21H26N4O3. The van der Waals surface area contributed by atoms with Gasteiger partial charge in [-0.3, -0.25) is 19.8 Å². The van der Waals surface area contributed by atoms with Gasteiger partial charge in [0.2, 0.25) is 0 Å². The topological polar surface area (TPSA) is 78.7 Å². The molecule has 7 heteroatoms. The maximum atomic E-state index is 12.6. The maximum absolute atomic E-state index is 12.6. The third-order valence-electron chi connectivity index (χ3n) is 5.22. The smallest absolute Gasteiger partial charge is 0.270 e. The summed E-state index contributed by atoms with van der Waals surface area (Å²) in [6, 6.07) is 14.3. The molecule has 0 unspecified atom stereocenters. The zero-order chi connectivity index (χ0) is 20.1. The van der Waals surface area contributed by atoms with Crippen LogP contribution in [0.4, 0.5) is 5.69 Å². The lowest BCUT2D eigenvalue weighted by Gasteiger charge is -2.38. The zero-order valence-electron chi connectivity index (χ0n) is 16.3. The number of rotatable bonds is 6. The van der Waals surface area contributed by atoms with Crippen LogP contribution in [0.2, 0.25) is 0 Å². The highest BCUT2D eigenvalue weighted by atomic mass is 16.6. The summed E-state index contributed by atoms with van der Waals surface area (Å²) in [6.07, 6.45) is 0. The van der Waals surface area contributed by atoms with Crippen LogP contribution in [-0.2, 0) is 0 Å². The molecule has 2 aromatic carbocycles. The van der Waals surface area contributed by atoms with E-state index < -0.39 is 4.92 Å². The number of carbonyl (C=O) groups excluding carboxylic acids is 1. The van der Waals surface area contributed by atoms with Crippen LogP contribution < -0.4 is 5.32 Å². The van der Waals surface area contributed by atoms with Crippen molar-refractivity contribution in [3.05, 3.63) is 75.3 Å². The minimum absolute atomic E-state index is 0.0666. The maximum Gasteiger partial charge on any atom is 0.270 e. The number of carbonyl (C=O) groups is 1. The van der Waals surface area contributed by atoms with Gasteiger partial charge >= 0.3 is 0 Å². The lowest BCUT2D eigenvalue weighted by molar-refractivity contribution is -0.384. The summed E-state index contributed by atoms with van der Waals surface area (Å²) >= 11 is 0. The minimum atomic E-state index is -0.490. The highest BCUT2D eigenvalue weighted by Crippen LogP contribution is 2.22. The first-order valence-corrected chi connectivity index (χ1v) is 9.46. The normalized spacial score (nSPS) is 16.5. The minimum Gasteiger partial charge on any atom is -0.350 e. The van der Waals surface area contributed by atoms with Crippen molar-refractivity contribution in [3.63, 3.8) is 0 Å². The van der Waals surface area contributed by atoms with E-state index in [1.165, 1.54) is 23.8 Å². The molecule has 1 N–H and O–H groups in total. The molecule has 0 spiro atoms. The molecule has 1 heterocycles. The third kappa shape index (κ3) is 4.94. The summed E-state index contributed by atoms with van der Waals surface area (Å²) in [4.78, 5) is 27.7. The molecule has 3 rings (SSSR count). The summed E-state index contributed by atoms with van der Waals surface area (Å²) in [7, 11) is 2.11. The molecule has 1 aliphatic rings. The summed E-state index contributed by atoms with van der Waals surface area (Å²) in [5.74, 6) is -0.296. The fourth-order valence-electron chi connectivity index (χ4n) is 3.43. The Balaban J connectivity index is 1.74. The molecule has 28 heavy (non-hydrogen) atoms. The molecule has 1 aliphatic heterocycles. The van der Waals surface area contributed by atoms with Crippen LogP contribution in [0.1, 0.15) is 27.5 Å². The highest BCUT2D eigenvalue weighted by molar-refractivity contribution is 5.94. The van der Waals surface area contributed by atoms with E-state index in [1.54, 1.807) is 6.07 Å². The molecule has 7 nitrogen and oxygen atoms in total. The van der Waals surface area contributed by atoms with Crippen molar-refractivity contribution in [2.75, 3.05) is 39.8 Å². The highest BCUT2D eigenvalue weighted by Gasteiger charge is 2.24. The molecule has 1 saturated heterocycles. The van der Waals surface area contributed by atoms with Gasteiger partial charge in [-0.05, 0) is 25.6 Å². The number of non-ortho nitro benzene ring substituents is 1. The van der Waals surface area contributed by atoms with E-state index >= 15 is 0 Å². The van der Waals surface area contributed by atoms with Crippen LogP contribution >= 0.6 is 0 Å². The Kier molecular flexibility index (Phi) is 6.38. The van der Waals surface area contributed by atoms with E-state index in [4.69, 9.17) is 0 Å². The van der Waals surface area contributed by atoms with Gasteiger partial charge in [0.05, 0.1) is 11.0 Å². The molecule has 0 aromatic heterocycles. The molecule has 0 saturated carbocycles. The Morgan fingerprint density at radius 1 is 1.14 bits per heavy atom. The number of piperazine rings is 1. The predicted molar refractivity (Wildman–Crippen MR) is 108 cm³/mol. The summed E-state index contributed by atoms with van der Waals surface area (Å²) in [5, 5.41) is 13.9. The molecule has 0 radical (unpaired) electrons. The fourth-order valence-corrected chi connectivity index (χ4v) is 3.43. The van der Waals surface area contributed by atoms with Gasteiger partial charge in [0.25, 0.3) is 11.6 Å². The second kappa shape index (κ2) is 8.95. The van der Waals surface area contributed by atoms with Crippen LogP contribution in [0.3, 0.4) is 0 Å². The number of aryl methyl sites for hydroxylation is 1. The SMILES string of the molecule is Cc1ccc([C@H](CNC(=O)c2cccc([N+](=O)[O-])c2)N2CCN(C)CC2)cc1. The van der Waals surface area contributed by atoms with Crippen molar-refractivity contribution >= 4 is 11.6 Å². The van der Waals surface area contributed by atoms with Crippen molar-refractivity contribution in [1.29, 1.82) is 0 Å². The monoisotopic (exact) mass is 382 g/mol. The average Bonchev–Trinajstić information content (AvgIpc) is 2.70. The summed E-state index contributed by atoms with van der Waals surface area (Å²) in [5.41, 5.74) is 2.58. The molecule has 0 bridgehead atoms. The molecule has 148 valence electrons. The standard InChI is InChI=1S/C21H26N4O3/c1-16-6-8-17(9-7-16)20(24-12-10-23(2)11-13-24)15-22-21(26)18-4-3-5-19(14-18)25(27)28/h3-9,14,20H,10-13,15H2,1-2H3,(H,22,26)/t20-/m0/s1. The Morgan fingerprint density at radius 3 is 2.46 bits per heavy atom. The predicted octanol–water partition coefficient (Wildman–Crippen LogP) is 2.62. The van der Waals surface area contributed by atoms with Gasteiger partial charge in [0, 0.05) is 50.4 Å². The van der Waals surface area contributed by atoms with Gasteiger partial charge in [0.15, 0.2) is 0 Å². The first-order valence-electron chi connectivity index (χ1n) is 9.46. The zero-order valence-corrected chi connectivity index (χ0v) is 16.3. The van der Waals surface area contributed by atoms with Gasteiger partial charge in [-0.15, -0.1) is 0 Å². The number of amides is 1. The van der Waals surface area contributed by atoms with Gasteiger partial charge in [-0.2, -0.15) is 0 Å². The molecule has 1 amide bonds. The lowest BCUT2D eigenvalue weighted by atomic mass is 10.0. The van der Waals surface area contributed by atoms with Gasteiger partial charge in [-0.1, -0.05) is 35.9 Å². The van der Waals surface area contributed by atoms with Crippen molar-refractivity contribution < 1.29 is 9.72 Å². The largest absolute Gasteiger partial charge is 0.350 e. The summed E-state index contributed by atoms with van der Waals surface area (Å²) < 4.78 is 0. The first-order chi connectivity index (χ1) is 13.4. The molecular weight excluding hydrogens is 356 g/mol. The van der Waals surface area contributed by atoms with Crippen LogP contribution in [0.5, 0.6) is 0 Å². The molecule has 1 atom stereocenters. The number of benzene rings is 2. The van der Waals surface area contributed by atoms with E-state index in [0.29, 0.717) is 12.1 Å². The van der Waals surface area contributed by atoms with E-state index in [1.807, 2.05) is 0 Å². The Hall–Kier alpha value is -2.77. The fraction of sp³-hybridized carbons (Fsp3) is 0.381. The van der Waals surface area contributed by atoms with E-state index in [0.717, 1.165) is 31.7 Å². The van der Waals surface area contributed by atoms with Crippen molar-refractivity contribution in [2.24, 2.45) is 0 Å². The van der Waals surface area contributed by atoms with Crippen LogP contribution in [-0.4, -0.2) is 60.4 Å². The second-order valence-electron chi connectivity index (χ2n) is 7.28. The average molecular weight is 382 g/mol. The molecule has 1 fully saturated rings. The quantitative estimate of drug-likeness (QED) is 0.614. The van der Waals surface area contributed by atoms with Gasteiger partial charge in [0.1, 0.15) is 0 Å². The van der Waals surface area contributed by atoms with E-state index in [9.17, 15) is 14.9 Å². The first kappa shape index (κ1) is 20.0. The van der Waals surface area contributed by atoms with Crippen LogP contribution in [0.15, 0.2) is 48.5 Å². The number of nitro groups is 1.